The first-order valence-electron chi connectivity index (χ1n) is 3.36. The normalized spacial score (nSPS) is 10.7. The zero-order valence-electron chi connectivity index (χ0n) is 6.06. The van der Waals surface area contributed by atoms with Crippen molar-refractivity contribution in [3.8, 4) is 0 Å². The van der Waals surface area contributed by atoms with E-state index in [1.807, 2.05) is 19.2 Å². The van der Waals surface area contributed by atoms with E-state index in [1.54, 1.807) is 0 Å². The summed E-state index contributed by atoms with van der Waals surface area (Å²) in [5, 5.41) is 0. The molecule has 56 valence electrons. The molecule has 0 aliphatic carbocycles. The van der Waals surface area contributed by atoms with E-state index in [9.17, 15) is 0 Å². The Bertz CT molecular complexity index is 392. The number of halogens is 1. The average molecular weight is 258 g/mol. The molecule has 0 fully saturated rings. The van der Waals surface area contributed by atoms with Crippen LogP contribution in [0.15, 0.2) is 18.3 Å². The van der Waals surface area contributed by atoms with Crippen molar-refractivity contribution in [1.82, 2.24) is 9.97 Å². The highest BCUT2D eigenvalue weighted by molar-refractivity contribution is 14.1. The highest BCUT2D eigenvalue weighted by atomic mass is 127. The Labute approximate surface area is 78.2 Å². The summed E-state index contributed by atoms with van der Waals surface area (Å²) >= 11 is 2.25. The standard InChI is InChI=1S/C8H7IN2/c1-5-2-7-6(10-4-5)3-8(9)11-7/h2-4,11H,1H3. The number of hydrogen-bond donors (Lipinski definition) is 1. The van der Waals surface area contributed by atoms with Gasteiger partial charge < -0.3 is 4.98 Å². The topological polar surface area (TPSA) is 28.7 Å². The molecular formula is C8H7IN2. The van der Waals surface area contributed by atoms with Crippen molar-refractivity contribution in [2.45, 2.75) is 6.92 Å². The fraction of sp³-hybridized carbons (Fsp3) is 0.125. The zero-order chi connectivity index (χ0) is 7.84. The Morgan fingerprint density at radius 1 is 1.45 bits per heavy atom. The number of hydrogen-bond acceptors (Lipinski definition) is 1. The first-order valence-corrected chi connectivity index (χ1v) is 4.44. The molecule has 0 saturated carbocycles. The number of aromatic nitrogens is 2. The third kappa shape index (κ3) is 1.24. The lowest BCUT2D eigenvalue weighted by Gasteiger charge is -1.89. The lowest BCUT2D eigenvalue weighted by molar-refractivity contribution is 1.32. The van der Waals surface area contributed by atoms with Gasteiger partial charge in [0.25, 0.3) is 0 Å². The minimum atomic E-state index is 1.04. The molecule has 11 heavy (non-hydrogen) atoms. The van der Waals surface area contributed by atoms with Crippen molar-refractivity contribution in [3.05, 3.63) is 27.6 Å². The SMILES string of the molecule is Cc1cnc2cc(I)[nH]c2c1. The third-order valence-corrected chi connectivity index (χ3v) is 2.15. The van der Waals surface area contributed by atoms with Crippen LogP contribution in [0.25, 0.3) is 11.0 Å². The minimum absolute atomic E-state index is 1.04. The molecule has 0 unspecified atom stereocenters. The van der Waals surface area contributed by atoms with Crippen molar-refractivity contribution in [1.29, 1.82) is 0 Å². The van der Waals surface area contributed by atoms with Gasteiger partial charge in [0.1, 0.15) is 0 Å². The predicted molar refractivity (Wildman–Crippen MR) is 53.5 cm³/mol. The van der Waals surface area contributed by atoms with Crippen molar-refractivity contribution in [2.24, 2.45) is 0 Å². The monoisotopic (exact) mass is 258 g/mol. The van der Waals surface area contributed by atoms with Crippen LogP contribution in [-0.2, 0) is 0 Å². The van der Waals surface area contributed by atoms with Crippen molar-refractivity contribution >= 4 is 33.6 Å². The van der Waals surface area contributed by atoms with Gasteiger partial charge in [-0.05, 0) is 47.2 Å². The Balaban J connectivity index is 2.82. The van der Waals surface area contributed by atoms with E-state index in [4.69, 9.17) is 0 Å². The highest BCUT2D eigenvalue weighted by Gasteiger charge is 1.97. The molecule has 0 aromatic carbocycles. The fourth-order valence-electron chi connectivity index (χ4n) is 1.08. The number of nitrogens with one attached hydrogen (secondary N) is 1. The first-order chi connectivity index (χ1) is 5.25. The van der Waals surface area contributed by atoms with Gasteiger partial charge in [0.05, 0.1) is 14.7 Å². The van der Waals surface area contributed by atoms with Gasteiger partial charge in [0.15, 0.2) is 0 Å². The molecule has 0 bridgehead atoms. The van der Waals surface area contributed by atoms with E-state index in [0.717, 1.165) is 14.7 Å². The summed E-state index contributed by atoms with van der Waals surface area (Å²) in [6, 6.07) is 4.14. The third-order valence-electron chi connectivity index (χ3n) is 1.57. The number of nitrogens with zero attached hydrogens (tertiary/aromatic N) is 1. The average Bonchev–Trinajstić information content (AvgIpc) is 2.27. The summed E-state index contributed by atoms with van der Waals surface area (Å²) in [5.74, 6) is 0. The summed E-state index contributed by atoms with van der Waals surface area (Å²) in [6.07, 6.45) is 1.88. The van der Waals surface area contributed by atoms with Crippen molar-refractivity contribution in [2.75, 3.05) is 0 Å². The Morgan fingerprint density at radius 3 is 3.09 bits per heavy atom. The smallest absolute Gasteiger partial charge is 0.0890 e. The molecule has 0 aliphatic heterocycles. The van der Waals surface area contributed by atoms with Gasteiger partial charge in [0.2, 0.25) is 0 Å². The van der Waals surface area contributed by atoms with E-state index >= 15 is 0 Å². The van der Waals surface area contributed by atoms with Crippen LogP contribution < -0.4 is 0 Å². The quantitative estimate of drug-likeness (QED) is 0.722. The molecule has 1 N–H and O–H groups in total. The predicted octanol–water partition coefficient (Wildman–Crippen LogP) is 2.48. The van der Waals surface area contributed by atoms with E-state index < -0.39 is 0 Å². The molecule has 0 atom stereocenters. The van der Waals surface area contributed by atoms with Gasteiger partial charge in [-0.2, -0.15) is 0 Å². The first kappa shape index (κ1) is 7.09. The largest absolute Gasteiger partial charge is 0.349 e. The maximum absolute atomic E-state index is 4.27. The molecule has 0 amide bonds. The molecule has 3 heteroatoms. The van der Waals surface area contributed by atoms with Crippen molar-refractivity contribution in [3.63, 3.8) is 0 Å². The molecule has 2 aromatic rings. The van der Waals surface area contributed by atoms with E-state index in [1.165, 1.54) is 5.56 Å². The fourth-order valence-corrected chi connectivity index (χ4v) is 1.67. The van der Waals surface area contributed by atoms with Crippen LogP contribution in [0.4, 0.5) is 0 Å². The van der Waals surface area contributed by atoms with Gasteiger partial charge in [-0.3, -0.25) is 4.98 Å². The summed E-state index contributed by atoms with van der Waals surface area (Å²) in [7, 11) is 0. The Morgan fingerprint density at radius 2 is 2.27 bits per heavy atom. The van der Waals surface area contributed by atoms with Crippen LogP contribution in [0.2, 0.25) is 0 Å². The molecule has 2 heterocycles. The highest BCUT2D eigenvalue weighted by Crippen LogP contribution is 2.14. The summed E-state index contributed by atoms with van der Waals surface area (Å²) < 4.78 is 1.13. The van der Waals surface area contributed by atoms with Crippen LogP contribution in [0.1, 0.15) is 5.56 Å². The molecule has 2 aromatic heterocycles. The molecule has 2 rings (SSSR count). The minimum Gasteiger partial charge on any atom is -0.349 e. The van der Waals surface area contributed by atoms with Crippen LogP contribution >= 0.6 is 22.6 Å². The number of aryl methyl sites for hydroxylation is 1. The van der Waals surface area contributed by atoms with E-state index in [2.05, 4.69) is 38.6 Å². The van der Waals surface area contributed by atoms with Crippen molar-refractivity contribution < 1.29 is 0 Å². The summed E-state index contributed by atoms with van der Waals surface area (Å²) in [5.41, 5.74) is 3.35. The second kappa shape index (κ2) is 2.48. The molecule has 2 nitrogen and oxygen atoms in total. The van der Waals surface area contributed by atoms with E-state index in [-0.39, 0.29) is 0 Å². The van der Waals surface area contributed by atoms with Gasteiger partial charge in [0, 0.05) is 6.20 Å². The second-order valence-corrected chi connectivity index (χ2v) is 3.72. The Hall–Kier alpha value is -0.580. The van der Waals surface area contributed by atoms with Gasteiger partial charge in [-0.1, -0.05) is 0 Å². The molecule has 0 aliphatic rings. The maximum Gasteiger partial charge on any atom is 0.0890 e. The lowest BCUT2D eigenvalue weighted by Crippen LogP contribution is -1.76. The van der Waals surface area contributed by atoms with Gasteiger partial charge in [-0.25, -0.2) is 0 Å². The maximum atomic E-state index is 4.27. The lowest BCUT2D eigenvalue weighted by atomic mass is 10.3. The summed E-state index contributed by atoms with van der Waals surface area (Å²) in [4.78, 5) is 7.49. The molecule has 0 saturated heterocycles. The molecular weight excluding hydrogens is 251 g/mol. The second-order valence-electron chi connectivity index (χ2n) is 2.56. The van der Waals surface area contributed by atoms with Gasteiger partial charge in [-0.15, -0.1) is 0 Å². The van der Waals surface area contributed by atoms with Crippen LogP contribution in [0.3, 0.4) is 0 Å². The number of H-pyrrole nitrogens is 1. The zero-order valence-corrected chi connectivity index (χ0v) is 8.21. The number of fused-ring (bicyclic) bond motifs is 1. The van der Waals surface area contributed by atoms with Crippen LogP contribution in [0, 0.1) is 10.6 Å². The molecule has 0 radical (unpaired) electrons. The number of pyridine rings is 1. The number of rotatable bonds is 0. The van der Waals surface area contributed by atoms with Crippen LogP contribution in [0.5, 0.6) is 0 Å². The molecule has 0 spiro atoms. The van der Waals surface area contributed by atoms with E-state index in [0.29, 0.717) is 0 Å². The van der Waals surface area contributed by atoms with Crippen LogP contribution in [-0.4, -0.2) is 9.97 Å². The van der Waals surface area contributed by atoms with Gasteiger partial charge >= 0.3 is 0 Å². The number of aromatic amines is 1. The Kier molecular flexibility index (Phi) is 1.60. The summed E-state index contributed by atoms with van der Waals surface area (Å²) in [6.45, 7) is 2.04.